The normalized spacial score (nSPS) is 23.6. The predicted molar refractivity (Wildman–Crippen MR) is 70.5 cm³/mol. The smallest absolute Gasteiger partial charge is 0.311 e. The molecule has 1 aliphatic rings. The number of rotatable bonds is 6. The SMILES string of the molecule is CCCC1(C(=O)O)CCN(C(=O)CCS(C)(=O)=O)C1. The third-order valence-electron chi connectivity index (χ3n) is 3.58. The van der Waals surface area contributed by atoms with Crippen LogP contribution in [0.5, 0.6) is 0 Å². The predicted octanol–water partition coefficient (Wildman–Crippen LogP) is 0.524. The largest absolute Gasteiger partial charge is 0.481 e. The number of sulfone groups is 1. The van der Waals surface area contributed by atoms with Gasteiger partial charge in [-0.2, -0.15) is 0 Å². The lowest BCUT2D eigenvalue weighted by Gasteiger charge is -2.24. The Labute approximate surface area is 113 Å². The molecule has 19 heavy (non-hydrogen) atoms. The van der Waals surface area contributed by atoms with E-state index in [0.29, 0.717) is 19.4 Å². The van der Waals surface area contributed by atoms with E-state index in [2.05, 4.69) is 0 Å². The number of aliphatic carboxylic acids is 1. The Morgan fingerprint density at radius 3 is 2.47 bits per heavy atom. The fourth-order valence-electron chi connectivity index (χ4n) is 2.48. The van der Waals surface area contributed by atoms with Crippen LogP contribution in [0.1, 0.15) is 32.6 Å². The number of nitrogens with zero attached hydrogens (tertiary/aromatic N) is 1. The van der Waals surface area contributed by atoms with E-state index in [-0.39, 0.29) is 24.6 Å². The summed E-state index contributed by atoms with van der Waals surface area (Å²) in [5.74, 6) is -1.33. The fraction of sp³-hybridized carbons (Fsp3) is 0.833. The average Bonchev–Trinajstić information content (AvgIpc) is 2.71. The second-order valence-corrected chi connectivity index (χ2v) is 7.54. The summed E-state index contributed by atoms with van der Waals surface area (Å²) in [5.41, 5.74) is -0.852. The highest BCUT2D eigenvalue weighted by molar-refractivity contribution is 7.90. The number of hydrogen-bond donors (Lipinski definition) is 1. The molecule has 110 valence electrons. The summed E-state index contributed by atoms with van der Waals surface area (Å²) >= 11 is 0. The molecule has 0 spiro atoms. The Bertz CT molecular complexity index is 459. The first-order chi connectivity index (χ1) is 8.70. The van der Waals surface area contributed by atoms with Crippen molar-refractivity contribution in [2.45, 2.75) is 32.6 Å². The van der Waals surface area contributed by atoms with Crippen LogP contribution in [-0.4, -0.2) is 55.4 Å². The van der Waals surface area contributed by atoms with Crippen molar-refractivity contribution in [2.75, 3.05) is 25.1 Å². The summed E-state index contributed by atoms with van der Waals surface area (Å²) < 4.78 is 22.0. The summed E-state index contributed by atoms with van der Waals surface area (Å²) in [5, 5.41) is 9.32. The van der Waals surface area contributed by atoms with E-state index < -0.39 is 21.2 Å². The standard InChI is InChI=1S/C12H21NO5S/c1-3-5-12(11(15)16)6-7-13(9-12)10(14)4-8-19(2,17)18/h3-9H2,1-2H3,(H,15,16). The molecule has 0 aliphatic carbocycles. The van der Waals surface area contributed by atoms with Crippen molar-refractivity contribution in [2.24, 2.45) is 5.41 Å². The number of likely N-dealkylation sites (tertiary alicyclic amines) is 1. The molecule has 0 saturated carbocycles. The summed E-state index contributed by atoms with van der Waals surface area (Å²) in [6, 6.07) is 0. The number of hydrogen-bond acceptors (Lipinski definition) is 4. The molecule has 1 amide bonds. The summed E-state index contributed by atoms with van der Waals surface area (Å²) in [6.45, 7) is 2.51. The first-order valence-electron chi connectivity index (χ1n) is 6.39. The second kappa shape index (κ2) is 5.90. The molecule has 0 aromatic rings. The molecule has 0 aromatic carbocycles. The van der Waals surface area contributed by atoms with Gasteiger partial charge in [0, 0.05) is 25.8 Å². The number of carbonyl (C=O) groups excluding carboxylic acids is 1. The summed E-state index contributed by atoms with van der Waals surface area (Å²) in [7, 11) is -3.17. The summed E-state index contributed by atoms with van der Waals surface area (Å²) in [4.78, 5) is 24.7. The van der Waals surface area contributed by atoms with Gasteiger partial charge in [0.2, 0.25) is 5.91 Å². The van der Waals surface area contributed by atoms with Crippen molar-refractivity contribution < 1.29 is 23.1 Å². The molecule has 0 radical (unpaired) electrons. The minimum absolute atomic E-state index is 0.0688. The maximum atomic E-state index is 11.9. The third-order valence-corrected chi connectivity index (χ3v) is 4.52. The van der Waals surface area contributed by atoms with Gasteiger partial charge in [-0.3, -0.25) is 9.59 Å². The van der Waals surface area contributed by atoms with E-state index in [9.17, 15) is 23.1 Å². The van der Waals surface area contributed by atoms with E-state index in [0.717, 1.165) is 12.7 Å². The molecule has 7 heteroatoms. The second-order valence-electron chi connectivity index (χ2n) is 5.28. The molecule has 1 saturated heterocycles. The van der Waals surface area contributed by atoms with Crippen molar-refractivity contribution >= 4 is 21.7 Å². The highest BCUT2D eigenvalue weighted by atomic mass is 32.2. The Hall–Kier alpha value is -1.11. The van der Waals surface area contributed by atoms with Gasteiger partial charge in [0.1, 0.15) is 9.84 Å². The Kier molecular flexibility index (Phi) is 4.95. The quantitative estimate of drug-likeness (QED) is 0.770. The van der Waals surface area contributed by atoms with Crippen molar-refractivity contribution in [1.82, 2.24) is 4.90 Å². The van der Waals surface area contributed by atoms with E-state index >= 15 is 0 Å². The van der Waals surface area contributed by atoms with Gasteiger partial charge in [-0.05, 0) is 12.8 Å². The van der Waals surface area contributed by atoms with Gasteiger partial charge in [0.25, 0.3) is 0 Å². The van der Waals surface area contributed by atoms with Crippen LogP contribution in [0.3, 0.4) is 0 Å². The number of carbonyl (C=O) groups is 2. The van der Waals surface area contributed by atoms with E-state index in [1.165, 1.54) is 4.90 Å². The molecular formula is C12H21NO5S. The Morgan fingerprint density at radius 1 is 1.37 bits per heavy atom. The van der Waals surface area contributed by atoms with Gasteiger partial charge in [0.05, 0.1) is 11.2 Å². The van der Waals surface area contributed by atoms with Gasteiger partial charge < -0.3 is 10.0 Å². The molecule has 1 heterocycles. The van der Waals surface area contributed by atoms with Gasteiger partial charge in [-0.1, -0.05) is 13.3 Å². The van der Waals surface area contributed by atoms with Crippen molar-refractivity contribution in [3.63, 3.8) is 0 Å². The van der Waals surface area contributed by atoms with Crippen LogP contribution < -0.4 is 0 Å². The van der Waals surface area contributed by atoms with E-state index in [1.807, 2.05) is 6.92 Å². The average molecular weight is 291 g/mol. The van der Waals surface area contributed by atoms with Gasteiger partial charge in [-0.25, -0.2) is 8.42 Å². The zero-order valence-corrected chi connectivity index (χ0v) is 12.2. The first-order valence-corrected chi connectivity index (χ1v) is 8.45. The van der Waals surface area contributed by atoms with Gasteiger partial charge in [0.15, 0.2) is 0 Å². The molecule has 0 aromatic heterocycles. The molecular weight excluding hydrogens is 270 g/mol. The third kappa shape index (κ3) is 4.19. The van der Waals surface area contributed by atoms with Crippen LogP contribution in [0, 0.1) is 5.41 Å². The maximum Gasteiger partial charge on any atom is 0.311 e. The van der Waals surface area contributed by atoms with Crippen molar-refractivity contribution in [1.29, 1.82) is 0 Å². The van der Waals surface area contributed by atoms with E-state index in [1.54, 1.807) is 0 Å². The molecule has 0 bridgehead atoms. The lowest BCUT2D eigenvalue weighted by atomic mass is 9.83. The van der Waals surface area contributed by atoms with E-state index in [4.69, 9.17) is 0 Å². The lowest BCUT2D eigenvalue weighted by Crippen LogP contribution is -2.37. The minimum Gasteiger partial charge on any atom is -0.481 e. The minimum atomic E-state index is -3.17. The zero-order valence-electron chi connectivity index (χ0n) is 11.4. The topological polar surface area (TPSA) is 91.8 Å². The summed E-state index contributed by atoms with van der Waals surface area (Å²) in [6.07, 6.45) is 2.75. The molecule has 1 unspecified atom stereocenters. The lowest BCUT2D eigenvalue weighted by molar-refractivity contribution is -0.149. The zero-order chi connectivity index (χ0) is 14.7. The molecule has 1 aliphatic heterocycles. The Morgan fingerprint density at radius 2 is 2.00 bits per heavy atom. The molecule has 1 atom stereocenters. The van der Waals surface area contributed by atoms with Crippen LogP contribution in [0.4, 0.5) is 0 Å². The van der Waals surface area contributed by atoms with Gasteiger partial charge in [-0.15, -0.1) is 0 Å². The van der Waals surface area contributed by atoms with Crippen molar-refractivity contribution in [3.8, 4) is 0 Å². The first kappa shape index (κ1) is 15.9. The number of carboxylic acid groups (broad SMARTS) is 1. The number of amides is 1. The van der Waals surface area contributed by atoms with Crippen molar-refractivity contribution in [3.05, 3.63) is 0 Å². The van der Waals surface area contributed by atoms with Crippen LogP contribution in [0.25, 0.3) is 0 Å². The highest BCUT2D eigenvalue weighted by Gasteiger charge is 2.45. The molecule has 1 N–H and O–H groups in total. The Balaban J connectivity index is 2.64. The molecule has 1 rings (SSSR count). The molecule has 1 fully saturated rings. The number of carboxylic acids is 1. The van der Waals surface area contributed by atoms with Gasteiger partial charge >= 0.3 is 5.97 Å². The highest BCUT2D eigenvalue weighted by Crippen LogP contribution is 2.35. The maximum absolute atomic E-state index is 11.9. The van der Waals surface area contributed by atoms with Crippen LogP contribution in [0.2, 0.25) is 0 Å². The fourth-order valence-corrected chi connectivity index (χ4v) is 3.03. The molecule has 6 nitrogen and oxygen atoms in total. The van der Waals surface area contributed by atoms with Crippen LogP contribution in [0.15, 0.2) is 0 Å². The van der Waals surface area contributed by atoms with Crippen LogP contribution in [-0.2, 0) is 19.4 Å². The van der Waals surface area contributed by atoms with Crippen LogP contribution >= 0.6 is 0 Å². The monoisotopic (exact) mass is 291 g/mol.